The van der Waals surface area contributed by atoms with Crippen LogP contribution in [0, 0.1) is 6.57 Å². The highest BCUT2D eigenvalue weighted by atomic mass is 28.4. The molecule has 1 atom stereocenters. The van der Waals surface area contributed by atoms with Crippen LogP contribution in [0.15, 0.2) is 42.5 Å². The molecule has 0 unspecified atom stereocenters. The van der Waals surface area contributed by atoms with Crippen molar-refractivity contribution in [3.05, 3.63) is 65.0 Å². The molecule has 0 aromatic heterocycles. The molecule has 0 bridgehead atoms. The predicted molar refractivity (Wildman–Crippen MR) is 183 cm³/mol. The Labute approximate surface area is 271 Å². The van der Waals surface area contributed by atoms with Gasteiger partial charge in [0, 0.05) is 11.3 Å². The van der Waals surface area contributed by atoms with Crippen LogP contribution in [0.5, 0.6) is 5.75 Å². The van der Waals surface area contributed by atoms with Crippen LogP contribution >= 0.6 is 0 Å². The van der Waals surface area contributed by atoms with Gasteiger partial charge in [-0.05, 0) is 103 Å². The van der Waals surface area contributed by atoms with Crippen molar-refractivity contribution < 1.29 is 28.2 Å². The average molecular weight is 640 g/mol. The van der Waals surface area contributed by atoms with E-state index in [1.165, 1.54) is 0 Å². The normalized spacial score (nSPS) is 12.9. The van der Waals surface area contributed by atoms with Crippen LogP contribution < -0.4 is 15.4 Å². The Balaban J connectivity index is 2.11. The van der Waals surface area contributed by atoms with Crippen LogP contribution in [-0.4, -0.2) is 44.9 Å². The first kappa shape index (κ1) is 37.6. The minimum Gasteiger partial charge on any atom is -0.493 e. The zero-order valence-corrected chi connectivity index (χ0v) is 30.1. The lowest BCUT2D eigenvalue weighted by molar-refractivity contribution is 0.0482. The number of carbonyl (C=O) groups excluding carboxylic acids is 2. The number of aryl methyl sites for hydroxylation is 1. The largest absolute Gasteiger partial charge is 0.493 e. The molecule has 0 fully saturated rings. The maximum Gasteiger partial charge on any atom is 0.412 e. The topological polar surface area (TPSA) is 99.5 Å². The molecule has 9 nitrogen and oxygen atoms in total. The van der Waals surface area contributed by atoms with Gasteiger partial charge in [0.05, 0.1) is 25.8 Å². The third-order valence-corrected chi connectivity index (χ3v) is 11.8. The molecule has 0 heterocycles. The molecule has 0 saturated carbocycles. The van der Waals surface area contributed by atoms with E-state index >= 15 is 0 Å². The summed E-state index contributed by atoms with van der Waals surface area (Å²) >= 11 is 0. The molecule has 0 aliphatic carbocycles. The van der Waals surface area contributed by atoms with Gasteiger partial charge < -0.3 is 24.0 Å². The van der Waals surface area contributed by atoms with Gasteiger partial charge in [0.1, 0.15) is 17.0 Å². The number of alkyl carbamates (subject to hydrolysis) is 1. The molecular formula is C35H53N3O6Si. The van der Waals surface area contributed by atoms with Crippen molar-refractivity contribution >= 4 is 31.9 Å². The molecular weight excluding hydrogens is 586 g/mol. The van der Waals surface area contributed by atoms with E-state index in [-0.39, 0.29) is 5.04 Å². The first-order chi connectivity index (χ1) is 20.7. The van der Waals surface area contributed by atoms with Crippen molar-refractivity contribution in [2.75, 3.05) is 18.5 Å². The van der Waals surface area contributed by atoms with Gasteiger partial charge >= 0.3 is 12.2 Å². The summed E-state index contributed by atoms with van der Waals surface area (Å²) in [4.78, 5) is 28.7. The molecule has 0 spiro atoms. The monoisotopic (exact) mass is 639 g/mol. The van der Waals surface area contributed by atoms with Crippen LogP contribution in [0.1, 0.15) is 92.3 Å². The summed E-state index contributed by atoms with van der Waals surface area (Å²) in [5.74, 6) is 0.669. The zero-order chi connectivity index (χ0) is 34.1. The number of benzene rings is 2. The quantitative estimate of drug-likeness (QED) is 0.136. The number of amides is 2. The number of unbranched alkanes of at least 4 members (excludes halogenated alkanes) is 1. The lowest BCUT2D eigenvalue weighted by Crippen LogP contribution is -2.44. The molecule has 248 valence electrons. The van der Waals surface area contributed by atoms with Crippen LogP contribution in [0.4, 0.5) is 21.0 Å². The lowest BCUT2D eigenvalue weighted by Gasteiger charge is -2.37. The van der Waals surface area contributed by atoms with Gasteiger partial charge in [0.25, 0.3) is 0 Å². The minimum absolute atomic E-state index is 0.0118. The number of nitrogens with one attached hydrogen (secondary N) is 2. The third-order valence-electron chi connectivity index (χ3n) is 7.35. The number of rotatable bonds is 12. The second-order valence-electron chi connectivity index (χ2n) is 14.7. The van der Waals surface area contributed by atoms with Gasteiger partial charge in [-0.15, -0.1) is 0 Å². The number of anilines is 1. The van der Waals surface area contributed by atoms with Gasteiger partial charge in [-0.25, -0.2) is 14.4 Å². The van der Waals surface area contributed by atoms with E-state index in [1.54, 1.807) is 32.9 Å². The Bertz CT molecular complexity index is 1330. The molecule has 45 heavy (non-hydrogen) atoms. The van der Waals surface area contributed by atoms with Crippen LogP contribution in [0.2, 0.25) is 18.1 Å². The SMILES string of the molecule is [C-]#[N+]c1ccc(NC(=O)OC(C)(C)C)cc1CCCCOc1ccccc1[C@@H](CO[Si](C)(C)C(C)(C)C)NC(=O)OC(C)(C)C. The van der Waals surface area contributed by atoms with Gasteiger partial charge in [-0.2, -0.15) is 0 Å². The predicted octanol–water partition coefficient (Wildman–Crippen LogP) is 9.57. The maximum atomic E-state index is 12.8. The van der Waals surface area contributed by atoms with E-state index in [0.29, 0.717) is 36.8 Å². The van der Waals surface area contributed by atoms with Crippen molar-refractivity contribution in [3.63, 3.8) is 0 Å². The molecule has 2 aromatic carbocycles. The number of ether oxygens (including phenoxy) is 3. The van der Waals surface area contributed by atoms with Crippen molar-refractivity contribution in [3.8, 4) is 5.75 Å². The number of carbonyl (C=O) groups is 2. The Morgan fingerprint density at radius 2 is 1.51 bits per heavy atom. The summed E-state index contributed by atoms with van der Waals surface area (Å²) in [5.41, 5.74) is 1.56. The van der Waals surface area contributed by atoms with E-state index in [0.717, 1.165) is 24.0 Å². The number of hydrogen-bond donors (Lipinski definition) is 2. The highest BCUT2D eigenvalue weighted by molar-refractivity contribution is 6.74. The molecule has 0 aliphatic rings. The van der Waals surface area contributed by atoms with Crippen molar-refractivity contribution in [1.29, 1.82) is 0 Å². The molecule has 0 aliphatic heterocycles. The third kappa shape index (κ3) is 13.1. The van der Waals surface area contributed by atoms with Gasteiger partial charge in [0.15, 0.2) is 14.0 Å². The van der Waals surface area contributed by atoms with Gasteiger partial charge in [-0.1, -0.05) is 45.0 Å². The second-order valence-corrected chi connectivity index (χ2v) is 19.5. The Morgan fingerprint density at radius 3 is 2.11 bits per heavy atom. The molecule has 2 rings (SSSR count). The van der Waals surface area contributed by atoms with Crippen molar-refractivity contribution in [2.24, 2.45) is 0 Å². The fourth-order valence-corrected chi connectivity index (χ4v) is 5.08. The maximum absolute atomic E-state index is 12.8. The lowest BCUT2D eigenvalue weighted by atomic mass is 10.1. The molecule has 0 saturated heterocycles. The van der Waals surface area contributed by atoms with Crippen LogP contribution in [0.25, 0.3) is 4.85 Å². The summed E-state index contributed by atoms with van der Waals surface area (Å²) in [6.07, 6.45) is 1.11. The van der Waals surface area contributed by atoms with Crippen molar-refractivity contribution in [2.45, 2.75) is 117 Å². The van der Waals surface area contributed by atoms with Crippen LogP contribution in [0.3, 0.4) is 0 Å². The van der Waals surface area contributed by atoms with Gasteiger partial charge in [-0.3, -0.25) is 5.32 Å². The molecule has 0 radical (unpaired) electrons. The first-order valence-corrected chi connectivity index (χ1v) is 18.5. The fraction of sp³-hybridized carbons (Fsp3) is 0.571. The molecule has 2 amide bonds. The summed E-state index contributed by atoms with van der Waals surface area (Å²) < 4.78 is 23.7. The standard InChI is InChI=1S/C35H53N3O6Si/c1-33(2,3)43-31(39)37-26-20-21-28(36-10)25(23-26)17-15-16-22-41-30-19-14-13-18-27(30)29(38-32(40)44-34(4,5)6)24-42-45(11,12)35(7,8)9/h13-14,18-21,23,29H,15-17,22,24H2,1-9,11-12H3,(H,37,39)(H,38,40)/t29-/m1/s1. The molecule has 10 heteroatoms. The fourth-order valence-electron chi connectivity index (χ4n) is 4.06. The van der Waals surface area contributed by atoms with Crippen LogP contribution in [-0.2, 0) is 20.3 Å². The Hall–Kier alpha value is -3.55. The summed E-state index contributed by atoms with van der Waals surface area (Å²) in [5, 5.41) is 5.77. The Kier molecular flexibility index (Phi) is 13.1. The smallest absolute Gasteiger partial charge is 0.412 e. The summed E-state index contributed by atoms with van der Waals surface area (Å²) in [7, 11) is -2.10. The van der Waals surface area contributed by atoms with E-state index in [2.05, 4.69) is 49.3 Å². The first-order valence-electron chi connectivity index (χ1n) is 15.6. The number of nitrogens with zero attached hydrogens (tertiary/aromatic N) is 1. The minimum atomic E-state index is -2.10. The number of para-hydroxylation sites is 1. The Morgan fingerprint density at radius 1 is 0.889 bits per heavy atom. The zero-order valence-electron chi connectivity index (χ0n) is 29.1. The average Bonchev–Trinajstić information content (AvgIpc) is 2.88. The second kappa shape index (κ2) is 15.6. The molecule has 2 aromatic rings. The summed E-state index contributed by atoms with van der Waals surface area (Å²) in [6, 6.07) is 12.4. The van der Waals surface area contributed by atoms with E-state index < -0.39 is 37.7 Å². The van der Waals surface area contributed by atoms with Crippen molar-refractivity contribution in [1.82, 2.24) is 5.32 Å². The van der Waals surface area contributed by atoms with Gasteiger partial charge in [0.2, 0.25) is 0 Å². The summed E-state index contributed by atoms with van der Waals surface area (Å²) in [6.45, 7) is 30.1. The highest BCUT2D eigenvalue weighted by Gasteiger charge is 2.38. The van der Waals surface area contributed by atoms with E-state index in [9.17, 15) is 9.59 Å². The van der Waals surface area contributed by atoms with E-state index in [4.69, 9.17) is 25.2 Å². The highest BCUT2D eigenvalue weighted by Crippen LogP contribution is 2.38. The van der Waals surface area contributed by atoms with E-state index in [1.807, 2.05) is 51.1 Å². The molecule has 2 N–H and O–H groups in total. The number of hydrogen-bond acceptors (Lipinski definition) is 6.